The van der Waals surface area contributed by atoms with E-state index in [4.69, 9.17) is 5.73 Å². The molecule has 1 aromatic heterocycles. The number of rotatable bonds is 2. The fourth-order valence-electron chi connectivity index (χ4n) is 1.88. The highest BCUT2D eigenvalue weighted by atomic mass is 16.6. The molecule has 1 amide bonds. The van der Waals surface area contributed by atoms with Gasteiger partial charge in [-0.2, -0.15) is 0 Å². The lowest BCUT2D eigenvalue weighted by atomic mass is 10.2. The number of amides is 1. The maximum absolute atomic E-state index is 11.6. The molecule has 0 spiro atoms. The fraction of sp³-hybridized carbons (Fsp3) is 0.400. The number of nitrogens with zero attached hydrogens (tertiary/aromatic N) is 3. The minimum atomic E-state index is -0.513. The Labute approximate surface area is 97.4 Å². The van der Waals surface area contributed by atoms with Crippen molar-refractivity contribution in [3.05, 3.63) is 27.9 Å². The van der Waals surface area contributed by atoms with Gasteiger partial charge >= 0.3 is 0 Å². The van der Waals surface area contributed by atoms with Gasteiger partial charge in [-0.05, 0) is 12.5 Å². The SMILES string of the molecule is Cc1cc([N+](=O)[O-])cnc1N1CC(N)CC1=O. The van der Waals surface area contributed by atoms with Gasteiger partial charge in [-0.15, -0.1) is 0 Å². The first-order valence-electron chi connectivity index (χ1n) is 5.16. The summed E-state index contributed by atoms with van der Waals surface area (Å²) in [4.78, 5) is 27.1. The predicted octanol–water partition coefficient (Wildman–Crippen LogP) is 0.362. The highest BCUT2D eigenvalue weighted by molar-refractivity contribution is 5.96. The minimum absolute atomic E-state index is 0.0813. The van der Waals surface area contributed by atoms with E-state index >= 15 is 0 Å². The third kappa shape index (κ3) is 2.09. The van der Waals surface area contributed by atoms with Crippen molar-refractivity contribution >= 4 is 17.4 Å². The Hall–Kier alpha value is -2.02. The van der Waals surface area contributed by atoms with Gasteiger partial charge in [0, 0.05) is 25.1 Å². The summed E-state index contributed by atoms with van der Waals surface area (Å²) in [5.41, 5.74) is 6.20. The monoisotopic (exact) mass is 236 g/mol. The molecule has 0 aromatic carbocycles. The van der Waals surface area contributed by atoms with Crippen LogP contribution in [0.4, 0.5) is 11.5 Å². The maximum atomic E-state index is 11.6. The summed E-state index contributed by atoms with van der Waals surface area (Å²) in [5.74, 6) is 0.357. The van der Waals surface area contributed by atoms with E-state index in [1.54, 1.807) is 6.92 Å². The van der Waals surface area contributed by atoms with Crippen molar-refractivity contribution in [2.45, 2.75) is 19.4 Å². The largest absolute Gasteiger partial charge is 0.326 e. The van der Waals surface area contributed by atoms with E-state index in [-0.39, 0.29) is 24.1 Å². The van der Waals surface area contributed by atoms with Crippen LogP contribution in [0.15, 0.2) is 12.3 Å². The van der Waals surface area contributed by atoms with Crippen LogP contribution in [0.5, 0.6) is 0 Å². The summed E-state index contributed by atoms with van der Waals surface area (Å²) in [6.07, 6.45) is 1.44. The van der Waals surface area contributed by atoms with Crippen LogP contribution in [0, 0.1) is 17.0 Å². The number of carbonyl (C=O) groups excluding carboxylic acids is 1. The Balaban J connectivity index is 2.34. The van der Waals surface area contributed by atoms with Crippen molar-refractivity contribution in [1.82, 2.24) is 4.98 Å². The van der Waals surface area contributed by atoms with Crippen molar-refractivity contribution in [1.29, 1.82) is 0 Å². The quantitative estimate of drug-likeness (QED) is 0.590. The Kier molecular flexibility index (Phi) is 2.76. The van der Waals surface area contributed by atoms with Gasteiger partial charge in [0.1, 0.15) is 12.0 Å². The average Bonchev–Trinajstić information content (AvgIpc) is 2.57. The van der Waals surface area contributed by atoms with Gasteiger partial charge in [0.05, 0.1) is 4.92 Å². The molecule has 0 saturated carbocycles. The Morgan fingerprint density at radius 1 is 1.65 bits per heavy atom. The zero-order valence-corrected chi connectivity index (χ0v) is 9.29. The van der Waals surface area contributed by atoms with E-state index in [9.17, 15) is 14.9 Å². The molecule has 1 unspecified atom stereocenters. The Morgan fingerprint density at radius 2 is 2.35 bits per heavy atom. The molecule has 0 radical (unpaired) electrons. The minimum Gasteiger partial charge on any atom is -0.326 e. The lowest BCUT2D eigenvalue weighted by Crippen LogP contribution is -2.29. The van der Waals surface area contributed by atoms with E-state index < -0.39 is 4.92 Å². The zero-order valence-electron chi connectivity index (χ0n) is 9.29. The molecular formula is C10H12N4O3. The molecule has 2 heterocycles. The van der Waals surface area contributed by atoms with Crippen molar-refractivity contribution in [2.75, 3.05) is 11.4 Å². The second-order valence-electron chi connectivity index (χ2n) is 4.06. The van der Waals surface area contributed by atoms with Gasteiger partial charge in [0.2, 0.25) is 5.91 Å². The zero-order chi connectivity index (χ0) is 12.6. The van der Waals surface area contributed by atoms with Crippen LogP contribution >= 0.6 is 0 Å². The number of anilines is 1. The second kappa shape index (κ2) is 4.10. The molecule has 1 aliphatic rings. The highest BCUT2D eigenvalue weighted by Gasteiger charge is 2.30. The number of pyridine rings is 1. The van der Waals surface area contributed by atoms with E-state index in [2.05, 4.69) is 4.98 Å². The summed E-state index contributed by atoms with van der Waals surface area (Å²) in [5, 5.41) is 10.6. The van der Waals surface area contributed by atoms with E-state index in [0.717, 1.165) is 6.20 Å². The molecule has 2 rings (SSSR count). The molecule has 7 nitrogen and oxygen atoms in total. The summed E-state index contributed by atoms with van der Waals surface area (Å²) in [7, 11) is 0. The highest BCUT2D eigenvalue weighted by Crippen LogP contribution is 2.25. The van der Waals surface area contributed by atoms with Gasteiger partial charge in [0.25, 0.3) is 5.69 Å². The van der Waals surface area contributed by atoms with E-state index in [1.165, 1.54) is 11.0 Å². The summed E-state index contributed by atoms with van der Waals surface area (Å²) in [6, 6.07) is 1.21. The molecule has 1 saturated heterocycles. The summed E-state index contributed by atoms with van der Waals surface area (Å²) in [6.45, 7) is 2.09. The summed E-state index contributed by atoms with van der Waals surface area (Å²) >= 11 is 0. The predicted molar refractivity (Wildman–Crippen MR) is 60.6 cm³/mol. The van der Waals surface area contributed by atoms with Gasteiger partial charge in [-0.25, -0.2) is 4.98 Å². The molecule has 7 heteroatoms. The Bertz CT molecular complexity index is 488. The molecule has 1 aromatic rings. The van der Waals surface area contributed by atoms with Crippen molar-refractivity contribution in [3.63, 3.8) is 0 Å². The van der Waals surface area contributed by atoms with Crippen molar-refractivity contribution in [2.24, 2.45) is 5.73 Å². The molecular weight excluding hydrogens is 224 g/mol. The van der Waals surface area contributed by atoms with Gasteiger partial charge in [-0.1, -0.05) is 0 Å². The molecule has 1 fully saturated rings. The first kappa shape index (κ1) is 11.5. The molecule has 90 valence electrons. The number of hydrogen-bond donors (Lipinski definition) is 1. The average molecular weight is 236 g/mol. The smallest absolute Gasteiger partial charge is 0.287 e. The first-order chi connectivity index (χ1) is 7.99. The number of nitrogens with two attached hydrogens (primary N) is 1. The first-order valence-corrected chi connectivity index (χ1v) is 5.16. The number of nitro groups is 1. The van der Waals surface area contributed by atoms with Crippen LogP contribution in [0.1, 0.15) is 12.0 Å². The van der Waals surface area contributed by atoms with Crippen LogP contribution in [-0.2, 0) is 4.79 Å². The lowest BCUT2D eigenvalue weighted by Gasteiger charge is -2.16. The molecule has 0 bridgehead atoms. The molecule has 1 aliphatic heterocycles. The molecule has 0 aliphatic carbocycles. The molecule has 2 N–H and O–H groups in total. The normalized spacial score (nSPS) is 19.8. The van der Waals surface area contributed by atoms with Crippen LogP contribution in [-0.4, -0.2) is 28.4 Å². The standard InChI is InChI=1S/C10H12N4O3/c1-6-2-8(14(16)17)4-12-10(6)13-5-7(11)3-9(13)15/h2,4,7H,3,5,11H2,1H3. The van der Waals surface area contributed by atoms with Crippen molar-refractivity contribution in [3.8, 4) is 0 Å². The molecule has 1 atom stereocenters. The molecule has 17 heavy (non-hydrogen) atoms. The topological polar surface area (TPSA) is 102 Å². The van der Waals surface area contributed by atoms with Crippen LogP contribution in [0.3, 0.4) is 0 Å². The lowest BCUT2D eigenvalue weighted by molar-refractivity contribution is -0.385. The van der Waals surface area contributed by atoms with Gasteiger partial charge < -0.3 is 5.73 Å². The second-order valence-corrected chi connectivity index (χ2v) is 4.06. The fourth-order valence-corrected chi connectivity index (χ4v) is 1.88. The van der Waals surface area contributed by atoms with E-state index in [1.807, 2.05) is 0 Å². The van der Waals surface area contributed by atoms with Crippen LogP contribution in [0.2, 0.25) is 0 Å². The maximum Gasteiger partial charge on any atom is 0.287 e. The van der Waals surface area contributed by atoms with Gasteiger partial charge in [-0.3, -0.25) is 19.8 Å². The van der Waals surface area contributed by atoms with Crippen molar-refractivity contribution < 1.29 is 9.72 Å². The number of hydrogen-bond acceptors (Lipinski definition) is 5. The van der Waals surface area contributed by atoms with Crippen LogP contribution < -0.4 is 10.6 Å². The van der Waals surface area contributed by atoms with Crippen LogP contribution in [0.25, 0.3) is 0 Å². The van der Waals surface area contributed by atoms with Gasteiger partial charge in [0.15, 0.2) is 0 Å². The number of aromatic nitrogens is 1. The van der Waals surface area contributed by atoms with E-state index in [0.29, 0.717) is 17.9 Å². The number of aryl methyl sites for hydroxylation is 1. The third-order valence-electron chi connectivity index (χ3n) is 2.66. The summed E-state index contributed by atoms with van der Waals surface area (Å²) < 4.78 is 0. The Morgan fingerprint density at radius 3 is 2.82 bits per heavy atom. The third-order valence-corrected chi connectivity index (χ3v) is 2.66. The number of carbonyl (C=O) groups is 1.